The first kappa shape index (κ1) is 23.2. The van der Waals surface area contributed by atoms with Crippen molar-refractivity contribution < 1.29 is 4.42 Å². The Hall–Kier alpha value is -5.48. The summed E-state index contributed by atoms with van der Waals surface area (Å²) in [7, 11) is 0. The topological polar surface area (TPSA) is 43.9 Å². The average Bonchev–Trinajstić information content (AvgIpc) is 3.58. The molecule has 4 heteroatoms. The highest BCUT2D eigenvalue weighted by atomic mass is 16.3. The van der Waals surface area contributed by atoms with Crippen LogP contribution in [0.4, 0.5) is 0 Å². The van der Waals surface area contributed by atoms with Crippen molar-refractivity contribution in [1.82, 2.24) is 14.5 Å². The Balaban J connectivity index is 1.31. The fourth-order valence-electron chi connectivity index (χ4n) is 6.43. The van der Waals surface area contributed by atoms with Crippen LogP contribution in [0.1, 0.15) is 18.4 Å². The van der Waals surface area contributed by atoms with Crippen molar-refractivity contribution in [2.45, 2.75) is 12.8 Å². The molecule has 1 aliphatic carbocycles. The van der Waals surface area contributed by atoms with Crippen molar-refractivity contribution in [2.75, 3.05) is 0 Å². The van der Waals surface area contributed by atoms with Gasteiger partial charge in [0.05, 0.1) is 22.2 Å². The maximum Gasteiger partial charge on any atom is 0.235 e. The van der Waals surface area contributed by atoms with Gasteiger partial charge in [-0.05, 0) is 54.3 Å². The van der Waals surface area contributed by atoms with E-state index in [1.807, 2.05) is 18.2 Å². The smallest absolute Gasteiger partial charge is 0.235 e. The first-order valence-corrected chi connectivity index (χ1v) is 14.4. The van der Waals surface area contributed by atoms with Crippen molar-refractivity contribution in [3.8, 4) is 17.2 Å². The minimum atomic E-state index is 0.657. The molecule has 9 rings (SSSR count). The van der Waals surface area contributed by atoms with Crippen LogP contribution in [0.15, 0.2) is 132 Å². The Labute approximate surface area is 241 Å². The highest BCUT2D eigenvalue weighted by molar-refractivity contribution is 6.17. The minimum absolute atomic E-state index is 0.657. The van der Waals surface area contributed by atoms with Crippen LogP contribution in [0.3, 0.4) is 0 Å². The zero-order valence-electron chi connectivity index (χ0n) is 22.8. The third kappa shape index (κ3) is 3.48. The molecule has 0 amide bonds. The molecule has 1 aliphatic rings. The van der Waals surface area contributed by atoms with Crippen LogP contribution in [0.5, 0.6) is 0 Å². The standard InChI is InChI=1S/C38H25N3O/c1-2-10-24(11-3-1)25-18-20-26(21-19-25)37-29-14-4-7-15-32(29)39-38(40-37)41-33-16-8-5-12-27(33)30-23-36-31(22-34(30)41)28-13-6-9-17-35(28)42-36/h2,4-23H,1,3H2. The van der Waals surface area contributed by atoms with E-state index in [0.717, 1.165) is 78.7 Å². The molecule has 0 spiro atoms. The van der Waals surface area contributed by atoms with E-state index in [0.29, 0.717) is 5.95 Å². The van der Waals surface area contributed by atoms with Crippen LogP contribution in [0, 0.1) is 0 Å². The van der Waals surface area contributed by atoms with E-state index < -0.39 is 0 Å². The summed E-state index contributed by atoms with van der Waals surface area (Å²) in [6.07, 6.45) is 8.99. The van der Waals surface area contributed by atoms with E-state index in [2.05, 4.69) is 114 Å². The SMILES string of the molecule is C1=CC(c2ccc(-c3nc(-n4c5ccccc5c5cc6oc7ccccc7c6cc54)nc4ccccc34)cc2)=CCC1. The first-order valence-electron chi connectivity index (χ1n) is 14.4. The van der Waals surface area contributed by atoms with Crippen LogP contribution in [-0.2, 0) is 0 Å². The third-order valence-electron chi connectivity index (χ3n) is 8.45. The average molecular weight is 540 g/mol. The van der Waals surface area contributed by atoms with Gasteiger partial charge in [-0.15, -0.1) is 0 Å². The van der Waals surface area contributed by atoms with Gasteiger partial charge in [-0.25, -0.2) is 9.97 Å². The predicted molar refractivity (Wildman–Crippen MR) is 173 cm³/mol. The molecule has 4 nitrogen and oxygen atoms in total. The summed E-state index contributed by atoms with van der Waals surface area (Å²) in [6, 6.07) is 38.1. The van der Waals surface area contributed by atoms with Gasteiger partial charge in [-0.3, -0.25) is 4.57 Å². The van der Waals surface area contributed by atoms with Gasteiger partial charge in [0, 0.05) is 32.5 Å². The summed E-state index contributed by atoms with van der Waals surface area (Å²) in [4.78, 5) is 10.4. The highest BCUT2D eigenvalue weighted by Gasteiger charge is 2.19. The van der Waals surface area contributed by atoms with Gasteiger partial charge in [0.25, 0.3) is 0 Å². The van der Waals surface area contributed by atoms with Gasteiger partial charge >= 0.3 is 0 Å². The summed E-state index contributed by atoms with van der Waals surface area (Å²) in [5.41, 5.74) is 9.33. The fraction of sp³-hybridized carbons (Fsp3) is 0.0526. The lowest BCUT2D eigenvalue weighted by Crippen LogP contribution is -2.03. The molecule has 0 unspecified atom stereocenters. The van der Waals surface area contributed by atoms with Crippen LogP contribution in [0.2, 0.25) is 0 Å². The van der Waals surface area contributed by atoms with Crippen molar-refractivity contribution in [2.24, 2.45) is 0 Å². The maximum absolute atomic E-state index is 6.26. The lowest BCUT2D eigenvalue weighted by Gasteiger charge is -2.13. The molecular weight excluding hydrogens is 514 g/mol. The number of furan rings is 1. The van der Waals surface area contributed by atoms with E-state index in [9.17, 15) is 0 Å². The van der Waals surface area contributed by atoms with Gasteiger partial charge < -0.3 is 4.42 Å². The Morgan fingerprint density at radius 3 is 2.19 bits per heavy atom. The number of hydrogen-bond donors (Lipinski definition) is 0. The number of allylic oxidation sites excluding steroid dienone is 4. The number of hydrogen-bond acceptors (Lipinski definition) is 3. The monoisotopic (exact) mass is 539 g/mol. The van der Waals surface area contributed by atoms with Crippen LogP contribution in [0.25, 0.3) is 77.4 Å². The molecule has 0 bridgehead atoms. The zero-order valence-corrected chi connectivity index (χ0v) is 22.8. The normalized spacial score (nSPS) is 13.6. The fourth-order valence-corrected chi connectivity index (χ4v) is 6.43. The lowest BCUT2D eigenvalue weighted by molar-refractivity contribution is 0.669. The number of rotatable bonds is 3. The molecule has 0 N–H and O–H groups in total. The summed E-state index contributed by atoms with van der Waals surface area (Å²) in [6.45, 7) is 0. The molecule has 5 aromatic carbocycles. The molecule has 0 aliphatic heterocycles. The largest absolute Gasteiger partial charge is 0.456 e. The Bertz CT molecular complexity index is 2400. The summed E-state index contributed by atoms with van der Waals surface area (Å²) < 4.78 is 8.47. The van der Waals surface area contributed by atoms with Crippen LogP contribution < -0.4 is 0 Å². The molecule has 42 heavy (non-hydrogen) atoms. The van der Waals surface area contributed by atoms with Crippen LogP contribution >= 0.6 is 0 Å². The Morgan fingerprint density at radius 1 is 0.571 bits per heavy atom. The maximum atomic E-state index is 6.26. The van der Waals surface area contributed by atoms with E-state index in [-0.39, 0.29) is 0 Å². The lowest BCUT2D eigenvalue weighted by atomic mass is 9.97. The molecular formula is C38H25N3O. The molecule has 0 saturated carbocycles. The van der Waals surface area contributed by atoms with E-state index in [1.54, 1.807) is 0 Å². The molecule has 0 fully saturated rings. The second-order valence-corrected chi connectivity index (χ2v) is 10.9. The second-order valence-electron chi connectivity index (χ2n) is 10.9. The van der Waals surface area contributed by atoms with E-state index in [4.69, 9.17) is 14.4 Å². The molecule has 198 valence electrons. The van der Waals surface area contributed by atoms with Gasteiger partial charge in [-0.1, -0.05) is 97.1 Å². The van der Waals surface area contributed by atoms with Gasteiger partial charge in [0.2, 0.25) is 5.95 Å². The summed E-state index contributed by atoms with van der Waals surface area (Å²) in [5, 5.41) is 5.49. The Morgan fingerprint density at radius 2 is 1.33 bits per heavy atom. The number of para-hydroxylation sites is 3. The molecule has 0 saturated heterocycles. The first-order chi connectivity index (χ1) is 20.8. The van der Waals surface area contributed by atoms with Gasteiger partial charge in [0.1, 0.15) is 11.2 Å². The minimum Gasteiger partial charge on any atom is -0.456 e. The van der Waals surface area contributed by atoms with Crippen molar-refractivity contribution >= 4 is 60.2 Å². The summed E-state index contributed by atoms with van der Waals surface area (Å²) in [5.74, 6) is 0.657. The molecule has 8 aromatic rings. The number of fused-ring (bicyclic) bond motifs is 7. The van der Waals surface area contributed by atoms with E-state index >= 15 is 0 Å². The highest BCUT2D eigenvalue weighted by Crippen LogP contribution is 2.38. The summed E-state index contributed by atoms with van der Waals surface area (Å²) >= 11 is 0. The quantitative estimate of drug-likeness (QED) is 0.224. The number of benzene rings is 5. The van der Waals surface area contributed by atoms with Crippen LogP contribution in [-0.4, -0.2) is 14.5 Å². The van der Waals surface area contributed by atoms with Crippen molar-refractivity contribution in [3.05, 3.63) is 133 Å². The van der Waals surface area contributed by atoms with Gasteiger partial charge in [-0.2, -0.15) is 0 Å². The Kier molecular flexibility index (Phi) is 4.99. The zero-order chi connectivity index (χ0) is 27.6. The third-order valence-corrected chi connectivity index (χ3v) is 8.45. The van der Waals surface area contributed by atoms with Crippen molar-refractivity contribution in [1.29, 1.82) is 0 Å². The number of aromatic nitrogens is 3. The molecule has 3 heterocycles. The van der Waals surface area contributed by atoms with Gasteiger partial charge in [0.15, 0.2) is 0 Å². The molecule has 0 radical (unpaired) electrons. The van der Waals surface area contributed by atoms with E-state index in [1.165, 1.54) is 11.1 Å². The second kappa shape index (κ2) is 9.02. The van der Waals surface area contributed by atoms with Crippen molar-refractivity contribution in [3.63, 3.8) is 0 Å². The molecule has 3 aromatic heterocycles. The predicted octanol–water partition coefficient (Wildman–Crippen LogP) is 10.0. The number of nitrogens with zero attached hydrogens (tertiary/aromatic N) is 3. The molecule has 0 atom stereocenters.